The van der Waals surface area contributed by atoms with Crippen molar-refractivity contribution in [2.45, 2.75) is 38.3 Å². The number of hydrogen-bond acceptors (Lipinski definition) is 7. The number of methoxy groups -OCH3 is 1. The second kappa shape index (κ2) is 7.46. The minimum Gasteiger partial charge on any atom is -0.497 e. The van der Waals surface area contributed by atoms with Gasteiger partial charge in [-0.25, -0.2) is 4.98 Å². The van der Waals surface area contributed by atoms with E-state index in [9.17, 15) is 10.2 Å². The number of piperidine rings is 1. The molecule has 0 radical (unpaired) electrons. The number of thiazole rings is 1. The van der Waals surface area contributed by atoms with Crippen molar-refractivity contribution in [3.63, 3.8) is 0 Å². The van der Waals surface area contributed by atoms with Gasteiger partial charge in [0, 0.05) is 19.5 Å². The minimum absolute atomic E-state index is 0.133. The van der Waals surface area contributed by atoms with Gasteiger partial charge in [0.1, 0.15) is 5.75 Å². The summed E-state index contributed by atoms with van der Waals surface area (Å²) in [6.07, 6.45) is 1.92. The molecular formula is C19H24N4O3S. The summed E-state index contributed by atoms with van der Waals surface area (Å²) in [6.45, 7) is 3.52. The number of aromatic hydroxyl groups is 1. The predicted octanol–water partition coefficient (Wildman–Crippen LogP) is 2.61. The summed E-state index contributed by atoms with van der Waals surface area (Å²) < 4.78 is 6.93. The van der Waals surface area contributed by atoms with Crippen LogP contribution >= 0.6 is 11.3 Å². The number of hydrogen-bond donors (Lipinski definition) is 2. The van der Waals surface area contributed by atoms with E-state index in [1.807, 2.05) is 31.2 Å². The van der Waals surface area contributed by atoms with Crippen molar-refractivity contribution in [2.24, 2.45) is 0 Å². The highest BCUT2D eigenvalue weighted by Crippen LogP contribution is 2.41. The number of fused-ring (bicyclic) bond motifs is 1. The van der Waals surface area contributed by atoms with Gasteiger partial charge in [0.15, 0.2) is 5.82 Å². The molecule has 3 heterocycles. The van der Waals surface area contributed by atoms with Gasteiger partial charge in [-0.15, -0.1) is 5.10 Å². The average Bonchev–Trinajstić information content (AvgIpc) is 3.23. The molecule has 0 aliphatic carbocycles. The molecule has 1 atom stereocenters. The molecular weight excluding hydrogens is 364 g/mol. The van der Waals surface area contributed by atoms with Gasteiger partial charge in [-0.05, 0) is 30.5 Å². The van der Waals surface area contributed by atoms with Crippen molar-refractivity contribution in [3.05, 3.63) is 40.5 Å². The highest BCUT2D eigenvalue weighted by atomic mass is 32.1. The molecule has 3 aromatic rings. The largest absolute Gasteiger partial charge is 0.497 e. The molecule has 1 aromatic carbocycles. The fourth-order valence-corrected chi connectivity index (χ4v) is 4.74. The number of aliphatic hydroxyl groups is 1. The molecule has 1 aliphatic rings. The third-order valence-corrected chi connectivity index (χ3v) is 6.15. The Kier molecular flexibility index (Phi) is 5.03. The SMILES string of the molecule is CCc1nc2sc([C@H](c3cccc(OC)c3)N3CCC(O)CC3)c(O)n2n1. The van der Waals surface area contributed by atoms with E-state index >= 15 is 0 Å². The van der Waals surface area contributed by atoms with Crippen LogP contribution in [-0.2, 0) is 6.42 Å². The lowest BCUT2D eigenvalue weighted by atomic mass is 9.99. The number of aliphatic hydroxyl groups excluding tert-OH is 1. The lowest BCUT2D eigenvalue weighted by Crippen LogP contribution is -2.38. The van der Waals surface area contributed by atoms with Gasteiger partial charge in [-0.2, -0.15) is 4.52 Å². The van der Waals surface area contributed by atoms with Crippen molar-refractivity contribution in [2.75, 3.05) is 20.2 Å². The average molecular weight is 388 g/mol. The summed E-state index contributed by atoms with van der Waals surface area (Å²) in [4.78, 5) is 8.32. The summed E-state index contributed by atoms with van der Waals surface area (Å²) in [5.74, 6) is 1.64. The molecule has 7 nitrogen and oxygen atoms in total. The zero-order valence-electron chi connectivity index (χ0n) is 15.5. The number of benzene rings is 1. The van der Waals surface area contributed by atoms with Crippen LogP contribution in [0.3, 0.4) is 0 Å². The van der Waals surface area contributed by atoms with Gasteiger partial charge in [0.05, 0.1) is 24.1 Å². The summed E-state index contributed by atoms with van der Waals surface area (Å²) in [6, 6.07) is 7.79. The Morgan fingerprint density at radius 1 is 1.33 bits per heavy atom. The van der Waals surface area contributed by atoms with Gasteiger partial charge in [-0.1, -0.05) is 30.4 Å². The van der Waals surface area contributed by atoms with E-state index in [0.717, 1.165) is 54.4 Å². The normalized spacial score (nSPS) is 17.4. The highest BCUT2D eigenvalue weighted by molar-refractivity contribution is 7.17. The number of rotatable bonds is 5. The minimum atomic E-state index is -0.254. The first-order valence-corrected chi connectivity index (χ1v) is 10.1. The smallest absolute Gasteiger partial charge is 0.230 e. The molecule has 1 fully saturated rings. The molecule has 0 bridgehead atoms. The van der Waals surface area contributed by atoms with E-state index in [2.05, 4.69) is 15.0 Å². The van der Waals surface area contributed by atoms with Crippen LogP contribution < -0.4 is 4.74 Å². The van der Waals surface area contributed by atoms with Crippen LogP contribution in [0, 0.1) is 0 Å². The van der Waals surface area contributed by atoms with E-state index in [0.29, 0.717) is 4.96 Å². The lowest BCUT2D eigenvalue weighted by Gasteiger charge is -2.36. The quantitative estimate of drug-likeness (QED) is 0.699. The van der Waals surface area contributed by atoms with Crippen molar-refractivity contribution in [1.29, 1.82) is 0 Å². The van der Waals surface area contributed by atoms with Crippen LogP contribution in [0.4, 0.5) is 0 Å². The second-order valence-electron chi connectivity index (χ2n) is 6.81. The molecule has 4 rings (SSSR count). The van der Waals surface area contributed by atoms with Crippen LogP contribution in [0.1, 0.15) is 42.1 Å². The summed E-state index contributed by atoms with van der Waals surface area (Å²) in [7, 11) is 1.65. The first-order chi connectivity index (χ1) is 13.1. The van der Waals surface area contributed by atoms with Crippen molar-refractivity contribution < 1.29 is 14.9 Å². The zero-order chi connectivity index (χ0) is 19.0. The van der Waals surface area contributed by atoms with Gasteiger partial charge >= 0.3 is 0 Å². The number of ether oxygens (including phenoxy) is 1. The van der Waals surface area contributed by atoms with Crippen molar-refractivity contribution in [3.8, 4) is 11.6 Å². The fourth-order valence-electron chi connectivity index (χ4n) is 3.60. The van der Waals surface area contributed by atoms with Gasteiger partial charge < -0.3 is 14.9 Å². The monoisotopic (exact) mass is 388 g/mol. The Balaban J connectivity index is 1.79. The molecule has 1 aliphatic heterocycles. The molecule has 0 amide bonds. The first kappa shape index (κ1) is 18.2. The molecule has 144 valence electrons. The van der Waals surface area contributed by atoms with E-state index in [-0.39, 0.29) is 18.0 Å². The Hall–Kier alpha value is -2.16. The third-order valence-electron chi connectivity index (χ3n) is 5.08. The molecule has 0 spiro atoms. The summed E-state index contributed by atoms with van der Waals surface area (Å²) >= 11 is 1.47. The Bertz CT molecular complexity index is 930. The maximum absolute atomic E-state index is 10.9. The summed E-state index contributed by atoms with van der Waals surface area (Å²) in [5.41, 5.74) is 1.04. The van der Waals surface area contributed by atoms with E-state index in [4.69, 9.17) is 4.74 Å². The van der Waals surface area contributed by atoms with Gasteiger partial charge in [0.25, 0.3) is 0 Å². The zero-order valence-corrected chi connectivity index (χ0v) is 16.3. The Morgan fingerprint density at radius 2 is 2.11 bits per heavy atom. The molecule has 1 saturated heterocycles. The maximum Gasteiger partial charge on any atom is 0.230 e. The number of aryl methyl sites for hydroxylation is 1. The lowest BCUT2D eigenvalue weighted by molar-refractivity contribution is 0.0689. The first-order valence-electron chi connectivity index (χ1n) is 9.24. The Labute approximate surface area is 161 Å². The van der Waals surface area contributed by atoms with E-state index in [1.54, 1.807) is 7.11 Å². The van der Waals surface area contributed by atoms with E-state index < -0.39 is 0 Å². The van der Waals surface area contributed by atoms with Crippen LogP contribution in [0.5, 0.6) is 11.6 Å². The number of likely N-dealkylation sites (tertiary alicyclic amines) is 1. The molecule has 2 aromatic heterocycles. The predicted molar refractivity (Wildman–Crippen MR) is 104 cm³/mol. The van der Waals surface area contributed by atoms with Gasteiger partial charge in [-0.3, -0.25) is 4.90 Å². The van der Waals surface area contributed by atoms with Crippen molar-refractivity contribution in [1.82, 2.24) is 19.5 Å². The third kappa shape index (κ3) is 3.40. The highest BCUT2D eigenvalue weighted by Gasteiger charge is 2.32. The standard InChI is InChI=1S/C19H24N4O3S/c1-3-15-20-19-23(21-15)18(25)17(27-19)16(22-9-7-13(24)8-10-22)12-5-4-6-14(11-12)26-2/h4-6,11,13,16,24-25H,3,7-10H2,1-2H3/t16-/m0/s1. The van der Waals surface area contributed by atoms with E-state index in [1.165, 1.54) is 15.9 Å². The maximum atomic E-state index is 10.9. The van der Waals surface area contributed by atoms with Crippen molar-refractivity contribution >= 4 is 16.3 Å². The second-order valence-corrected chi connectivity index (χ2v) is 7.82. The van der Waals surface area contributed by atoms with Crippen LogP contribution in [0.15, 0.2) is 24.3 Å². The molecule has 0 unspecified atom stereocenters. The van der Waals surface area contributed by atoms with Crippen LogP contribution in [-0.4, -0.2) is 56.0 Å². The van der Waals surface area contributed by atoms with Crippen LogP contribution in [0.2, 0.25) is 0 Å². The molecule has 8 heteroatoms. The molecule has 2 N–H and O–H groups in total. The summed E-state index contributed by atoms with van der Waals surface area (Å²) in [5, 5.41) is 25.2. The van der Waals surface area contributed by atoms with Crippen LogP contribution in [0.25, 0.3) is 4.96 Å². The Morgan fingerprint density at radius 3 is 2.78 bits per heavy atom. The topological polar surface area (TPSA) is 83.1 Å². The number of nitrogens with zero attached hydrogens (tertiary/aromatic N) is 4. The molecule has 0 saturated carbocycles. The molecule has 27 heavy (non-hydrogen) atoms. The number of aromatic nitrogens is 3. The fraction of sp³-hybridized carbons (Fsp3) is 0.474. The van der Waals surface area contributed by atoms with Gasteiger partial charge in [0.2, 0.25) is 10.8 Å².